The van der Waals surface area contributed by atoms with Crippen molar-refractivity contribution in [1.82, 2.24) is 0 Å². The first kappa shape index (κ1) is 6.59. The maximum Gasteiger partial charge on any atom is 0.123 e. The van der Waals surface area contributed by atoms with E-state index in [9.17, 15) is 4.79 Å². The molecule has 0 fully saturated rings. The highest BCUT2D eigenvalue weighted by Crippen LogP contribution is 1.88. The Morgan fingerprint density at radius 3 is 2.14 bits per heavy atom. The monoisotopic (exact) mass is 102 g/mol. The first-order valence-electron chi connectivity index (χ1n) is 2.07. The van der Waals surface area contributed by atoms with Crippen LogP contribution in [0.5, 0.6) is 0 Å². The standard InChI is InChI=1S/C4H10N2O/c1-4(5,6)2-3-7/h3H,2,5-6H2,1H3. The summed E-state index contributed by atoms with van der Waals surface area (Å²) in [6.07, 6.45) is 0.924. The molecule has 3 heteroatoms. The van der Waals surface area contributed by atoms with Crippen LogP contribution in [0.25, 0.3) is 0 Å². The second kappa shape index (κ2) is 2.04. The van der Waals surface area contributed by atoms with Crippen molar-refractivity contribution in [1.29, 1.82) is 0 Å². The summed E-state index contributed by atoms with van der Waals surface area (Å²) in [6, 6.07) is 0. The molecule has 0 aromatic carbocycles. The smallest absolute Gasteiger partial charge is 0.123 e. The minimum Gasteiger partial charge on any atom is -0.313 e. The number of carbonyl (C=O) groups excluding carboxylic acids is 1. The van der Waals surface area contributed by atoms with Gasteiger partial charge in [-0.3, -0.25) is 0 Å². The summed E-state index contributed by atoms with van der Waals surface area (Å²) in [5.74, 6) is 0. The molecular formula is C4H10N2O. The highest BCUT2D eigenvalue weighted by atomic mass is 16.1. The fourth-order valence-electron chi connectivity index (χ4n) is 0.180. The molecule has 0 heterocycles. The van der Waals surface area contributed by atoms with E-state index in [2.05, 4.69) is 0 Å². The van der Waals surface area contributed by atoms with Gasteiger partial charge in [0.15, 0.2) is 0 Å². The van der Waals surface area contributed by atoms with Crippen LogP contribution in [0.3, 0.4) is 0 Å². The molecule has 0 rings (SSSR count). The minimum absolute atomic E-state index is 0.215. The Bertz CT molecular complexity index is 64.6. The summed E-state index contributed by atoms with van der Waals surface area (Å²) in [6.45, 7) is 1.60. The predicted octanol–water partition coefficient (Wildman–Crippen LogP) is -0.791. The first-order valence-corrected chi connectivity index (χ1v) is 2.07. The van der Waals surface area contributed by atoms with Gasteiger partial charge >= 0.3 is 0 Å². The van der Waals surface area contributed by atoms with Crippen molar-refractivity contribution < 1.29 is 4.79 Å². The lowest BCUT2D eigenvalue weighted by Crippen LogP contribution is -2.46. The van der Waals surface area contributed by atoms with Crippen LogP contribution in [-0.4, -0.2) is 11.9 Å². The van der Waals surface area contributed by atoms with Crippen LogP contribution < -0.4 is 11.5 Å². The third-order valence-electron chi connectivity index (χ3n) is 0.523. The number of nitrogens with two attached hydrogens (primary N) is 2. The molecule has 4 N–H and O–H groups in total. The van der Waals surface area contributed by atoms with Crippen molar-refractivity contribution in [2.24, 2.45) is 11.5 Å². The largest absolute Gasteiger partial charge is 0.313 e. The Kier molecular flexibility index (Phi) is 1.92. The van der Waals surface area contributed by atoms with Gasteiger partial charge in [-0.1, -0.05) is 0 Å². The second-order valence-electron chi connectivity index (χ2n) is 1.88. The van der Waals surface area contributed by atoms with Crippen molar-refractivity contribution in [3.05, 3.63) is 0 Å². The van der Waals surface area contributed by atoms with E-state index < -0.39 is 5.66 Å². The van der Waals surface area contributed by atoms with Gasteiger partial charge in [-0.15, -0.1) is 0 Å². The third-order valence-corrected chi connectivity index (χ3v) is 0.523. The highest BCUT2D eigenvalue weighted by molar-refractivity contribution is 5.51. The zero-order valence-corrected chi connectivity index (χ0v) is 4.35. The van der Waals surface area contributed by atoms with Gasteiger partial charge in [-0.25, -0.2) is 0 Å². The number of rotatable bonds is 2. The molecule has 0 atom stereocenters. The molecule has 0 aliphatic rings. The molecule has 7 heavy (non-hydrogen) atoms. The van der Waals surface area contributed by atoms with Crippen molar-refractivity contribution >= 4 is 6.29 Å². The molecule has 0 aliphatic heterocycles. The maximum absolute atomic E-state index is 9.66. The molecule has 0 saturated heterocycles. The van der Waals surface area contributed by atoms with Gasteiger partial charge in [-0.05, 0) is 6.92 Å². The topological polar surface area (TPSA) is 69.1 Å². The van der Waals surface area contributed by atoms with Crippen molar-refractivity contribution in [2.75, 3.05) is 0 Å². The van der Waals surface area contributed by atoms with Gasteiger partial charge in [0.2, 0.25) is 0 Å². The van der Waals surface area contributed by atoms with Gasteiger partial charge in [0, 0.05) is 6.42 Å². The molecule has 0 unspecified atom stereocenters. The van der Waals surface area contributed by atoms with Gasteiger partial charge in [0.05, 0.1) is 5.66 Å². The molecule has 0 aromatic rings. The minimum atomic E-state index is -0.818. The van der Waals surface area contributed by atoms with Crippen LogP contribution >= 0.6 is 0 Å². The number of aldehydes is 1. The van der Waals surface area contributed by atoms with Crippen molar-refractivity contribution in [3.8, 4) is 0 Å². The normalized spacial score (nSPS) is 11.3. The van der Waals surface area contributed by atoms with E-state index in [0.717, 1.165) is 0 Å². The molecule has 0 aliphatic carbocycles. The first-order chi connectivity index (χ1) is 3.06. The molecule has 42 valence electrons. The molecular weight excluding hydrogens is 92.1 g/mol. The lowest BCUT2D eigenvalue weighted by atomic mass is 10.2. The van der Waals surface area contributed by atoms with Gasteiger partial charge in [0.25, 0.3) is 0 Å². The van der Waals surface area contributed by atoms with E-state index in [-0.39, 0.29) is 6.42 Å². The Morgan fingerprint density at radius 2 is 2.14 bits per heavy atom. The summed E-state index contributed by atoms with van der Waals surface area (Å²) in [5, 5.41) is 0. The highest BCUT2D eigenvalue weighted by Gasteiger charge is 2.07. The van der Waals surface area contributed by atoms with E-state index in [0.29, 0.717) is 6.29 Å². The SMILES string of the molecule is CC(N)(N)CC=O. The van der Waals surface area contributed by atoms with Crippen LogP contribution in [-0.2, 0) is 4.79 Å². The number of carbonyl (C=O) groups is 1. The zero-order valence-electron chi connectivity index (χ0n) is 4.35. The Balaban J connectivity index is 3.34. The Hall–Kier alpha value is -0.410. The molecule has 3 nitrogen and oxygen atoms in total. The number of hydrogen-bond donors (Lipinski definition) is 2. The summed E-state index contributed by atoms with van der Waals surface area (Å²) >= 11 is 0. The lowest BCUT2D eigenvalue weighted by molar-refractivity contribution is -0.108. The summed E-state index contributed by atoms with van der Waals surface area (Å²) < 4.78 is 0. The maximum atomic E-state index is 9.66. The molecule has 0 amide bonds. The van der Waals surface area contributed by atoms with Crippen LogP contribution in [0.2, 0.25) is 0 Å². The predicted molar refractivity (Wildman–Crippen MR) is 27.5 cm³/mol. The van der Waals surface area contributed by atoms with E-state index in [1.54, 1.807) is 6.92 Å². The van der Waals surface area contributed by atoms with E-state index >= 15 is 0 Å². The summed E-state index contributed by atoms with van der Waals surface area (Å²) in [4.78, 5) is 9.66. The van der Waals surface area contributed by atoms with Crippen LogP contribution in [0.1, 0.15) is 13.3 Å². The van der Waals surface area contributed by atoms with Gasteiger partial charge in [-0.2, -0.15) is 0 Å². The van der Waals surface area contributed by atoms with Crippen LogP contribution in [0.4, 0.5) is 0 Å². The summed E-state index contributed by atoms with van der Waals surface area (Å²) in [5.41, 5.74) is 9.57. The number of hydrogen-bond acceptors (Lipinski definition) is 3. The van der Waals surface area contributed by atoms with Gasteiger partial charge < -0.3 is 16.3 Å². The average molecular weight is 102 g/mol. The van der Waals surface area contributed by atoms with E-state index in [1.165, 1.54) is 0 Å². The molecule has 0 radical (unpaired) electrons. The zero-order chi connectivity index (χ0) is 5.91. The van der Waals surface area contributed by atoms with Crippen LogP contribution in [0.15, 0.2) is 0 Å². The van der Waals surface area contributed by atoms with Crippen LogP contribution in [0, 0.1) is 0 Å². The Labute approximate surface area is 42.7 Å². The second-order valence-corrected chi connectivity index (χ2v) is 1.88. The molecule has 0 spiro atoms. The van der Waals surface area contributed by atoms with Crippen molar-refractivity contribution in [3.63, 3.8) is 0 Å². The summed E-state index contributed by atoms with van der Waals surface area (Å²) in [7, 11) is 0. The fourth-order valence-corrected chi connectivity index (χ4v) is 0.180. The lowest BCUT2D eigenvalue weighted by Gasteiger charge is -2.12. The fraction of sp³-hybridized carbons (Fsp3) is 0.750. The third kappa shape index (κ3) is 5.59. The average Bonchev–Trinajstić information content (AvgIpc) is 1.30. The Morgan fingerprint density at radius 1 is 1.71 bits per heavy atom. The van der Waals surface area contributed by atoms with Crippen molar-refractivity contribution in [2.45, 2.75) is 19.0 Å². The molecule has 0 bridgehead atoms. The molecule has 0 saturated carbocycles. The van der Waals surface area contributed by atoms with Gasteiger partial charge in [0.1, 0.15) is 6.29 Å². The quantitative estimate of drug-likeness (QED) is 0.354. The molecule has 0 aromatic heterocycles. The van der Waals surface area contributed by atoms with E-state index in [4.69, 9.17) is 11.5 Å². The van der Waals surface area contributed by atoms with E-state index in [1.807, 2.05) is 0 Å².